The van der Waals surface area contributed by atoms with Gasteiger partial charge in [0.25, 0.3) is 0 Å². The van der Waals surface area contributed by atoms with Gasteiger partial charge in [0.15, 0.2) is 0 Å². The van der Waals surface area contributed by atoms with Crippen molar-refractivity contribution >= 4 is 23.6 Å². The quantitative estimate of drug-likeness (QED) is 0.607. The average molecular weight is 365 g/mol. The van der Waals surface area contributed by atoms with Gasteiger partial charge in [0.2, 0.25) is 6.29 Å². The fourth-order valence-electron chi connectivity index (χ4n) is 2.57. The van der Waals surface area contributed by atoms with Crippen molar-refractivity contribution in [3.63, 3.8) is 0 Å². The van der Waals surface area contributed by atoms with E-state index >= 15 is 0 Å². The van der Waals surface area contributed by atoms with Gasteiger partial charge >= 0.3 is 0 Å². The first-order chi connectivity index (χ1) is 12.7. The van der Waals surface area contributed by atoms with E-state index in [-0.39, 0.29) is 0 Å². The Bertz CT molecular complexity index is 817. The van der Waals surface area contributed by atoms with Crippen molar-refractivity contribution in [1.29, 1.82) is 0 Å². The third-order valence-corrected chi connectivity index (χ3v) is 4.19. The number of halogens is 1. The second kappa shape index (κ2) is 9.07. The Hall–Kier alpha value is -2.78. The molecule has 0 aromatic heterocycles. The monoisotopic (exact) mass is 364 g/mol. The Morgan fingerprint density at radius 2 is 1.58 bits per heavy atom. The van der Waals surface area contributed by atoms with Gasteiger partial charge in [-0.2, -0.15) is 0 Å². The molecule has 1 radical (unpaired) electrons. The fourth-order valence-corrected chi connectivity index (χ4v) is 2.69. The molecule has 0 aliphatic rings. The maximum absolute atomic E-state index is 11.3. The standard InChI is InChI=1S/C22H19ClNO2/c23-19-8-10-20(11-9-19)24-21(15-25)14-17-6-12-22(13-7-17)26-16-18-4-2-1-3-5-18/h1-13,21,24H,14,16H2/t21-/m0/s1. The van der Waals surface area contributed by atoms with E-state index in [4.69, 9.17) is 16.3 Å². The van der Waals surface area contributed by atoms with Crippen molar-refractivity contribution in [2.45, 2.75) is 19.1 Å². The highest BCUT2D eigenvalue weighted by Crippen LogP contribution is 2.17. The SMILES string of the molecule is O=[C][C@H](Cc1ccc(OCc2ccccc2)cc1)Nc1ccc(Cl)cc1. The van der Waals surface area contributed by atoms with Crippen LogP contribution in [0.15, 0.2) is 78.9 Å². The Morgan fingerprint density at radius 1 is 0.885 bits per heavy atom. The minimum Gasteiger partial charge on any atom is -0.489 e. The summed E-state index contributed by atoms with van der Waals surface area (Å²) in [4.78, 5) is 11.3. The summed E-state index contributed by atoms with van der Waals surface area (Å²) in [7, 11) is 0. The first kappa shape index (κ1) is 18.0. The van der Waals surface area contributed by atoms with E-state index in [2.05, 4.69) is 5.32 Å². The molecule has 0 fully saturated rings. The number of nitrogens with one attached hydrogen (secondary N) is 1. The molecule has 3 nitrogen and oxygen atoms in total. The highest BCUT2D eigenvalue weighted by molar-refractivity contribution is 6.30. The number of ether oxygens (including phenoxy) is 1. The highest BCUT2D eigenvalue weighted by atomic mass is 35.5. The number of hydrogen-bond acceptors (Lipinski definition) is 3. The lowest BCUT2D eigenvalue weighted by Crippen LogP contribution is -2.23. The van der Waals surface area contributed by atoms with Crippen LogP contribution in [0.1, 0.15) is 11.1 Å². The van der Waals surface area contributed by atoms with Crippen LogP contribution in [0.3, 0.4) is 0 Å². The lowest BCUT2D eigenvalue weighted by Gasteiger charge is -2.14. The predicted octanol–water partition coefficient (Wildman–Crippen LogP) is 5.05. The lowest BCUT2D eigenvalue weighted by atomic mass is 10.1. The Morgan fingerprint density at radius 3 is 2.23 bits per heavy atom. The van der Waals surface area contributed by atoms with E-state index in [9.17, 15) is 4.79 Å². The Kier molecular flexibility index (Phi) is 6.29. The van der Waals surface area contributed by atoms with Crippen LogP contribution >= 0.6 is 11.6 Å². The van der Waals surface area contributed by atoms with Crippen molar-refractivity contribution in [2.75, 3.05) is 5.32 Å². The predicted molar refractivity (Wildman–Crippen MR) is 105 cm³/mol. The summed E-state index contributed by atoms with van der Waals surface area (Å²) in [5.74, 6) is 0.801. The summed E-state index contributed by atoms with van der Waals surface area (Å²) in [6.07, 6.45) is 2.60. The van der Waals surface area contributed by atoms with Gasteiger partial charge in [-0.25, -0.2) is 0 Å². The summed E-state index contributed by atoms with van der Waals surface area (Å²) in [6, 6.07) is 24.6. The molecule has 0 unspecified atom stereocenters. The summed E-state index contributed by atoms with van der Waals surface area (Å²) >= 11 is 5.87. The molecule has 131 valence electrons. The van der Waals surface area contributed by atoms with Gasteiger partial charge in [-0.1, -0.05) is 54.1 Å². The van der Waals surface area contributed by atoms with Crippen LogP contribution in [0.2, 0.25) is 5.02 Å². The van der Waals surface area contributed by atoms with Crippen molar-refractivity contribution in [1.82, 2.24) is 0 Å². The number of hydrogen-bond donors (Lipinski definition) is 1. The molecular formula is C22H19ClNO2. The molecule has 0 saturated heterocycles. The normalized spacial score (nSPS) is 11.6. The Labute approximate surface area is 158 Å². The fraction of sp³-hybridized carbons (Fsp3) is 0.136. The van der Waals surface area contributed by atoms with Crippen molar-refractivity contribution in [3.8, 4) is 5.75 Å². The first-order valence-corrected chi connectivity index (χ1v) is 8.76. The minimum atomic E-state index is -0.424. The summed E-state index contributed by atoms with van der Waals surface area (Å²) < 4.78 is 5.78. The Balaban J connectivity index is 1.55. The van der Waals surface area contributed by atoms with Crippen molar-refractivity contribution < 1.29 is 9.53 Å². The van der Waals surface area contributed by atoms with E-state index in [1.807, 2.05) is 73.0 Å². The molecule has 0 spiro atoms. The lowest BCUT2D eigenvalue weighted by molar-refractivity contribution is 0.306. The summed E-state index contributed by atoms with van der Waals surface area (Å²) in [5, 5.41) is 3.81. The molecule has 1 N–H and O–H groups in total. The van der Waals surface area contributed by atoms with Crippen molar-refractivity contribution in [3.05, 3.63) is 95.0 Å². The second-order valence-electron chi connectivity index (χ2n) is 5.94. The van der Waals surface area contributed by atoms with E-state index in [0.717, 1.165) is 22.6 Å². The molecule has 3 aromatic rings. The van der Waals surface area contributed by atoms with Gasteiger partial charge in [-0.05, 0) is 47.5 Å². The van der Waals surface area contributed by atoms with Gasteiger partial charge in [0.05, 0.1) is 6.04 Å². The van der Waals surface area contributed by atoms with Gasteiger partial charge in [0.1, 0.15) is 12.4 Å². The summed E-state index contributed by atoms with van der Waals surface area (Å²) in [5.41, 5.74) is 3.00. The minimum absolute atomic E-state index is 0.424. The van der Waals surface area contributed by atoms with Crippen LogP contribution in [-0.4, -0.2) is 12.3 Å². The maximum Gasteiger partial charge on any atom is 0.223 e. The highest BCUT2D eigenvalue weighted by Gasteiger charge is 2.10. The molecule has 1 atom stereocenters. The van der Waals surface area contributed by atoms with Gasteiger partial charge in [0, 0.05) is 17.1 Å². The topological polar surface area (TPSA) is 38.3 Å². The van der Waals surface area contributed by atoms with Crippen LogP contribution < -0.4 is 10.1 Å². The number of carbonyl (C=O) groups excluding carboxylic acids is 1. The maximum atomic E-state index is 11.3. The smallest absolute Gasteiger partial charge is 0.223 e. The van der Waals surface area contributed by atoms with Crippen LogP contribution in [0.4, 0.5) is 5.69 Å². The van der Waals surface area contributed by atoms with Gasteiger partial charge in [-0.3, -0.25) is 4.79 Å². The molecule has 0 amide bonds. The molecule has 0 aliphatic carbocycles. The zero-order chi connectivity index (χ0) is 18.2. The van der Waals surface area contributed by atoms with E-state index in [1.54, 1.807) is 12.1 Å². The molecule has 3 rings (SSSR count). The number of rotatable bonds is 8. The van der Waals surface area contributed by atoms with Crippen LogP contribution in [0.25, 0.3) is 0 Å². The number of benzene rings is 3. The van der Waals surface area contributed by atoms with E-state index in [1.165, 1.54) is 0 Å². The van der Waals surface area contributed by atoms with E-state index < -0.39 is 6.04 Å². The van der Waals surface area contributed by atoms with Crippen molar-refractivity contribution in [2.24, 2.45) is 0 Å². The van der Waals surface area contributed by atoms with E-state index in [0.29, 0.717) is 18.1 Å². The third-order valence-electron chi connectivity index (χ3n) is 3.94. The first-order valence-electron chi connectivity index (χ1n) is 8.38. The van der Waals surface area contributed by atoms with Crippen LogP contribution in [-0.2, 0) is 17.8 Å². The van der Waals surface area contributed by atoms with Gasteiger partial charge in [-0.15, -0.1) is 0 Å². The summed E-state index contributed by atoms with van der Waals surface area (Å²) in [6.45, 7) is 0.531. The molecule has 0 bridgehead atoms. The largest absolute Gasteiger partial charge is 0.489 e. The number of anilines is 1. The van der Waals surface area contributed by atoms with Crippen LogP contribution in [0, 0.1) is 0 Å². The average Bonchev–Trinajstić information content (AvgIpc) is 2.69. The molecule has 26 heavy (non-hydrogen) atoms. The molecule has 3 aromatic carbocycles. The zero-order valence-electron chi connectivity index (χ0n) is 14.2. The molecule has 0 heterocycles. The zero-order valence-corrected chi connectivity index (χ0v) is 14.9. The molecule has 4 heteroatoms. The van der Waals surface area contributed by atoms with Crippen LogP contribution in [0.5, 0.6) is 5.75 Å². The molecule has 0 aliphatic heterocycles. The molecular weight excluding hydrogens is 346 g/mol. The second-order valence-corrected chi connectivity index (χ2v) is 6.38. The molecule has 0 saturated carbocycles. The third kappa shape index (κ3) is 5.36. The van der Waals surface area contributed by atoms with Gasteiger partial charge < -0.3 is 10.1 Å².